The standard InChI is InChI=1S/C65H123NO5/c1-3-5-7-9-11-13-15-16-31-35-39-43-47-51-55-59-65(70)71-60-56-52-48-44-40-36-33-30-28-26-24-22-20-18-17-19-21-23-25-27-29-32-34-38-42-46-50-54-58-64(69)66-62(61-67)63(68)57-53-49-45-41-37-14-12-10-8-6-4-2/h11,13,16,31,53,57,62-63,67-68H,3-10,12,14-15,17-30,32-52,54-56,58-61H2,1-2H3,(H,66,69)/b13-11-,31-16-,57-53+. The predicted molar refractivity (Wildman–Crippen MR) is 310 cm³/mol. The van der Waals surface area contributed by atoms with Crippen molar-refractivity contribution in [3.63, 3.8) is 0 Å². The summed E-state index contributed by atoms with van der Waals surface area (Å²) in [5.41, 5.74) is 0. The number of allylic oxidation sites excluding steroid dienone is 5. The number of ether oxygens (including phenoxy) is 1. The molecule has 0 spiro atoms. The molecule has 0 bridgehead atoms. The third-order valence-corrected chi connectivity index (χ3v) is 14.7. The number of aliphatic hydroxyl groups is 2. The van der Waals surface area contributed by atoms with Crippen molar-refractivity contribution in [1.29, 1.82) is 0 Å². The minimum absolute atomic E-state index is 0.00430. The molecule has 0 aliphatic carbocycles. The summed E-state index contributed by atoms with van der Waals surface area (Å²) in [6.45, 7) is 4.87. The number of hydrogen-bond acceptors (Lipinski definition) is 5. The van der Waals surface area contributed by atoms with E-state index in [0.717, 1.165) is 51.4 Å². The van der Waals surface area contributed by atoms with Crippen molar-refractivity contribution in [3.8, 4) is 0 Å². The Hall–Kier alpha value is -1.92. The number of rotatable bonds is 59. The second-order valence-electron chi connectivity index (χ2n) is 21.7. The average molecular weight is 999 g/mol. The minimum Gasteiger partial charge on any atom is -0.466 e. The maximum absolute atomic E-state index is 12.4. The molecule has 0 saturated carbocycles. The van der Waals surface area contributed by atoms with E-state index in [1.165, 1.54) is 263 Å². The third-order valence-electron chi connectivity index (χ3n) is 14.7. The number of nitrogens with one attached hydrogen (secondary N) is 1. The molecule has 418 valence electrons. The molecular formula is C65H123NO5. The fourth-order valence-corrected chi connectivity index (χ4v) is 9.78. The van der Waals surface area contributed by atoms with Crippen molar-refractivity contribution in [1.82, 2.24) is 5.32 Å². The number of amides is 1. The van der Waals surface area contributed by atoms with Crippen LogP contribution in [0.4, 0.5) is 0 Å². The molecule has 0 rings (SSSR count). The highest BCUT2D eigenvalue weighted by Gasteiger charge is 2.18. The molecule has 3 N–H and O–H groups in total. The Labute approximate surface area is 443 Å². The van der Waals surface area contributed by atoms with Gasteiger partial charge in [0, 0.05) is 12.8 Å². The number of aliphatic hydroxyl groups excluding tert-OH is 2. The van der Waals surface area contributed by atoms with Crippen LogP contribution in [0.2, 0.25) is 0 Å². The summed E-state index contributed by atoms with van der Waals surface area (Å²) >= 11 is 0. The van der Waals surface area contributed by atoms with Gasteiger partial charge in [-0.05, 0) is 64.2 Å². The number of hydrogen-bond donors (Lipinski definition) is 3. The molecule has 0 aromatic heterocycles. The highest BCUT2D eigenvalue weighted by molar-refractivity contribution is 5.76. The zero-order valence-electron chi connectivity index (χ0n) is 47.7. The zero-order valence-corrected chi connectivity index (χ0v) is 47.7. The van der Waals surface area contributed by atoms with Gasteiger partial charge >= 0.3 is 5.97 Å². The van der Waals surface area contributed by atoms with Crippen molar-refractivity contribution >= 4 is 11.9 Å². The molecule has 6 nitrogen and oxygen atoms in total. The van der Waals surface area contributed by atoms with Gasteiger partial charge in [-0.3, -0.25) is 9.59 Å². The summed E-state index contributed by atoms with van der Waals surface area (Å²) in [4.78, 5) is 24.5. The first-order valence-corrected chi connectivity index (χ1v) is 31.8. The first-order valence-electron chi connectivity index (χ1n) is 31.8. The SMILES string of the molecule is CCCCC/C=C\C/C=C\CCCCCCCC(=O)OCCCCCCCCCCCCCCCCCCCCCCCCCCCCCCC(=O)NC(CO)C(O)/C=C/CCCCCCCCCCC. The Balaban J connectivity index is 3.34. The summed E-state index contributed by atoms with van der Waals surface area (Å²) in [6.07, 6.45) is 76.3. The van der Waals surface area contributed by atoms with Crippen LogP contribution in [0, 0.1) is 0 Å². The lowest BCUT2D eigenvalue weighted by molar-refractivity contribution is -0.143. The van der Waals surface area contributed by atoms with E-state index in [4.69, 9.17) is 4.74 Å². The largest absolute Gasteiger partial charge is 0.466 e. The number of esters is 1. The van der Waals surface area contributed by atoms with Crippen LogP contribution in [-0.2, 0) is 14.3 Å². The third kappa shape index (κ3) is 57.2. The number of carbonyl (C=O) groups is 2. The van der Waals surface area contributed by atoms with Crippen LogP contribution >= 0.6 is 0 Å². The van der Waals surface area contributed by atoms with E-state index in [-0.39, 0.29) is 18.5 Å². The molecule has 0 aliphatic heterocycles. The second-order valence-corrected chi connectivity index (χ2v) is 21.7. The normalized spacial score (nSPS) is 12.8. The first kappa shape index (κ1) is 69.1. The maximum Gasteiger partial charge on any atom is 0.305 e. The Morgan fingerprint density at radius 1 is 0.394 bits per heavy atom. The van der Waals surface area contributed by atoms with E-state index < -0.39 is 12.1 Å². The quantitative estimate of drug-likeness (QED) is 0.0321. The van der Waals surface area contributed by atoms with Crippen LogP contribution in [0.1, 0.15) is 341 Å². The highest BCUT2D eigenvalue weighted by atomic mass is 16.5. The minimum atomic E-state index is -0.841. The van der Waals surface area contributed by atoms with Crippen molar-refractivity contribution in [2.45, 2.75) is 353 Å². The van der Waals surface area contributed by atoms with E-state index in [9.17, 15) is 19.8 Å². The van der Waals surface area contributed by atoms with Gasteiger partial charge in [-0.25, -0.2) is 0 Å². The Kier molecular flexibility index (Phi) is 59.0. The molecular weight excluding hydrogens is 875 g/mol. The summed E-state index contributed by atoms with van der Waals surface area (Å²) < 4.78 is 5.48. The smallest absolute Gasteiger partial charge is 0.305 e. The summed E-state index contributed by atoms with van der Waals surface area (Å²) in [5.74, 6) is -0.0611. The number of unbranched alkanes of at least 4 members (excludes halogenated alkanes) is 44. The van der Waals surface area contributed by atoms with E-state index in [0.29, 0.717) is 19.4 Å². The average Bonchev–Trinajstić information content (AvgIpc) is 3.37. The summed E-state index contributed by atoms with van der Waals surface area (Å²) in [7, 11) is 0. The van der Waals surface area contributed by atoms with Crippen molar-refractivity contribution in [3.05, 3.63) is 36.5 Å². The van der Waals surface area contributed by atoms with Gasteiger partial charge in [-0.15, -0.1) is 0 Å². The molecule has 2 unspecified atom stereocenters. The lowest BCUT2D eigenvalue weighted by Crippen LogP contribution is -2.45. The molecule has 0 aliphatic rings. The van der Waals surface area contributed by atoms with Gasteiger partial charge in [0.2, 0.25) is 5.91 Å². The topological polar surface area (TPSA) is 95.9 Å². The van der Waals surface area contributed by atoms with Gasteiger partial charge < -0.3 is 20.3 Å². The molecule has 0 saturated heterocycles. The van der Waals surface area contributed by atoms with Gasteiger partial charge in [0.05, 0.1) is 25.4 Å². The van der Waals surface area contributed by atoms with Crippen LogP contribution in [0.15, 0.2) is 36.5 Å². The Morgan fingerprint density at radius 2 is 0.704 bits per heavy atom. The molecule has 1 amide bonds. The Bertz CT molecular complexity index is 1150. The van der Waals surface area contributed by atoms with Gasteiger partial charge in [-0.1, -0.05) is 301 Å². The van der Waals surface area contributed by atoms with Gasteiger partial charge in [0.25, 0.3) is 0 Å². The van der Waals surface area contributed by atoms with E-state index >= 15 is 0 Å². The predicted octanol–water partition coefficient (Wildman–Crippen LogP) is 20.0. The van der Waals surface area contributed by atoms with E-state index in [1.54, 1.807) is 6.08 Å². The van der Waals surface area contributed by atoms with E-state index in [2.05, 4.69) is 43.5 Å². The maximum atomic E-state index is 12.4. The monoisotopic (exact) mass is 998 g/mol. The summed E-state index contributed by atoms with van der Waals surface area (Å²) in [6, 6.07) is -0.624. The first-order chi connectivity index (χ1) is 35.0. The van der Waals surface area contributed by atoms with Crippen molar-refractivity contribution < 1.29 is 24.5 Å². The Morgan fingerprint density at radius 3 is 1.10 bits per heavy atom. The molecule has 0 aromatic carbocycles. The lowest BCUT2D eigenvalue weighted by Gasteiger charge is -2.20. The van der Waals surface area contributed by atoms with E-state index in [1.807, 2.05) is 6.08 Å². The van der Waals surface area contributed by atoms with Crippen LogP contribution in [0.25, 0.3) is 0 Å². The fourth-order valence-electron chi connectivity index (χ4n) is 9.78. The van der Waals surface area contributed by atoms with Crippen molar-refractivity contribution in [2.75, 3.05) is 13.2 Å². The van der Waals surface area contributed by atoms with Crippen LogP contribution in [0.3, 0.4) is 0 Å². The second kappa shape index (κ2) is 60.6. The van der Waals surface area contributed by atoms with Crippen LogP contribution in [0.5, 0.6) is 0 Å². The molecule has 0 radical (unpaired) electrons. The van der Waals surface area contributed by atoms with Crippen LogP contribution in [-0.4, -0.2) is 47.4 Å². The van der Waals surface area contributed by atoms with Crippen molar-refractivity contribution in [2.24, 2.45) is 0 Å². The fraction of sp³-hybridized carbons (Fsp3) is 0.877. The molecule has 71 heavy (non-hydrogen) atoms. The lowest BCUT2D eigenvalue weighted by atomic mass is 10.0. The number of carbonyl (C=O) groups excluding carboxylic acids is 2. The van der Waals surface area contributed by atoms with Gasteiger partial charge in [-0.2, -0.15) is 0 Å². The zero-order chi connectivity index (χ0) is 51.4. The molecule has 6 heteroatoms. The summed E-state index contributed by atoms with van der Waals surface area (Å²) in [5, 5.41) is 23.0. The molecule has 0 fully saturated rings. The molecule has 0 aromatic rings. The molecule has 2 atom stereocenters. The highest BCUT2D eigenvalue weighted by Crippen LogP contribution is 2.18. The van der Waals surface area contributed by atoms with Gasteiger partial charge in [0.1, 0.15) is 0 Å². The van der Waals surface area contributed by atoms with Crippen LogP contribution < -0.4 is 5.32 Å². The molecule has 0 heterocycles. The van der Waals surface area contributed by atoms with Gasteiger partial charge in [0.15, 0.2) is 0 Å².